The van der Waals surface area contributed by atoms with Crippen molar-refractivity contribution >= 4 is 26.0 Å². The Balaban J connectivity index is -0.000000158. The zero-order valence-electron chi connectivity index (χ0n) is 45.5. The number of nitrogens with zero attached hydrogens (tertiary/aromatic N) is 2. The van der Waals surface area contributed by atoms with E-state index in [9.17, 15) is 65.9 Å². The summed E-state index contributed by atoms with van der Waals surface area (Å²) < 4.78 is 145. The van der Waals surface area contributed by atoms with Crippen LogP contribution in [-0.4, -0.2) is 132 Å². The Labute approximate surface area is 529 Å². The Hall–Kier alpha value is 2.62. The summed E-state index contributed by atoms with van der Waals surface area (Å²) >= 11 is 0. The minimum Gasteiger partial charge on any atom is -1.00 e. The number of carbonyl (C=O) groups excluding carboxylic acids is 1. The maximum Gasteiger partial charge on any atom is 1.00 e. The van der Waals surface area contributed by atoms with Crippen molar-refractivity contribution in [1.82, 2.24) is 9.80 Å². The number of carbonyl (C=O) groups is 1. The number of Topliss-reactive ketones (excluding diaryl/α,β-unsaturated/α-hetero) is 1. The van der Waals surface area contributed by atoms with Crippen molar-refractivity contribution in [2.24, 2.45) is 0 Å². The van der Waals surface area contributed by atoms with Crippen LogP contribution in [0.2, 0.25) is 0 Å². The molecule has 2 atom stereocenters. The molecule has 2 aliphatic heterocycles. The van der Waals surface area contributed by atoms with Crippen molar-refractivity contribution in [3.8, 4) is 0 Å². The average molecular weight is 1190 g/mol. The van der Waals surface area contributed by atoms with E-state index in [0.717, 1.165) is 0 Å². The molecule has 0 aliphatic carbocycles. The van der Waals surface area contributed by atoms with Crippen molar-refractivity contribution in [3.05, 3.63) is 0 Å². The predicted octanol–water partition coefficient (Wildman–Crippen LogP) is -2.10. The van der Waals surface area contributed by atoms with Crippen LogP contribution in [0.3, 0.4) is 0 Å². The van der Waals surface area contributed by atoms with Crippen molar-refractivity contribution in [1.29, 1.82) is 0 Å². The summed E-state index contributed by atoms with van der Waals surface area (Å²) in [5.41, 5.74) is 0. The number of rotatable bonds is 34. The van der Waals surface area contributed by atoms with Gasteiger partial charge in [-0.25, -0.2) is 34.4 Å². The zero-order chi connectivity index (χ0) is 52.5. The Kier molecular flexibility index (Phi) is 68.2. The second-order valence-electron chi connectivity index (χ2n) is 18.7. The molecule has 0 bridgehead atoms. The van der Waals surface area contributed by atoms with Crippen LogP contribution in [0.4, 0.5) is 35.1 Å². The molecule has 2 unspecified atom stereocenters. The average Bonchev–Trinajstić information content (AvgIpc) is 3.87. The number of hydrogen-bond acceptors (Lipinski definition) is 9. The van der Waals surface area contributed by atoms with E-state index in [1.807, 2.05) is 0 Å². The Morgan fingerprint density at radius 1 is 0.472 bits per heavy atom. The molecule has 2 N–H and O–H groups in total. The van der Waals surface area contributed by atoms with Gasteiger partial charge >= 0.3 is 126 Å². The second-order valence-corrected chi connectivity index (χ2v) is 21.6. The maximum absolute atomic E-state index is 11.4. The van der Waals surface area contributed by atoms with E-state index in [0.29, 0.717) is 0 Å². The van der Waals surface area contributed by atoms with E-state index in [2.05, 4.69) is 37.7 Å². The summed E-state index contributed by atoms with van der Waals surface area (Å²) in [6.07, 6.45) is 31.9. The van der Waals surface area contributed by atoms with Crippen molar-refractivity contribution < 1.29 is 203 Å². The summed E-state index contributed by atoms with van der Waals surface area (Å²) in [5, 5.41) is -11.0. The molecule has 0 aromatic heterocycles. The first-order chi connectivity index (χ1) is 31.8. The quantitative estimate of drug-likeness (QED) is 0.0321. The van der Waals surface area contributed by atoms with Gasteiger partial charge in [0.05, 0.1) is 40.3 Å². The number of hydrogen-bond donors (Lipinski definition) is 2. The van der Waals surface area contributed by atoms with Crippen LogP contribution in [0.5, 0.6) is 0 Å². The number of quaternary nitrogens is 2. The fourth-order valence-electron chi connectivity index (χ4n) is 7.44. The van der Waals surface area contributed by atoms with Crippen LogP contribution in [0.25, 0.3) is 0 Å². The van der Waals surface area contributed by atoms with Gasteiger partial charge in [-0.2, -0.15) is 17.6 Å². The molecule has 2 fully saturated rings. The molecule has 0 aromatic carbocycles. The third kappa shape index (κ3) is 54.6. The molecule has 0 radical (unpaired) electrons. The van der Waals surface area contributed by atoms with Gasteiger partial charge in [-0.3, -0.25) is 9.80 Å². The first kappa shape index (κ1) is 88.5. The van der Waals surface area contributed by atoms with E-state index in [4.69, 9.17) is 0 Å². The molecule has 2 aliphatic rings. The number of nitrogens with one attached hydrogen (secondary N) is 2. The number of alkyl halides is 8. The normalized spacial score (nSPS) is 16.0. The molecule has 2 rings (SSSR count). The van der Waals surface area contributed by atoms with E-state index >= 15 is 0 Å². The van der Waals surface area contributed by atoms with Gasteiger partial charge < -0.3 is 48.5 Å². The summed E-state index contributed by atoms with van der Waals surface area (Å²) in [6, 6.07) is 0. The third-order valence-electron chi connectivity index (χ3n) is 11.5. The minimum atomic E-state index is -6.23. The molecular weight excluding hydrogens is 1100 g/mol. The zero-order valence-corrected chi connectivity index (χ0v) is 54.8. The predicted molar refractivity (Wildman–Crippen MR) is 255 cm³/mol. The van der Waals surface area contributed by atoms with Gasteiger partial charge in [0.25, 0.3) is 0 Å². The molecule has 0 aromatic rings. The Morgan fingerprint density at radius 2 is 0.653 bits per heavy atom. The fourth-order valence-corrected chi connectivity index (χ4v) is 7.87. The number of unbranched alkanes of at least 4 members (excludes halogenated alkanes) is 26. The topological polar surface area (TPSA) is 147 Å². The monoisotopic (exact) mass is 1190 g/mol. The van der Waals surface area contributed by atoms with Crippen LogP contribution in [0.1, 0.15) is 207 Å². The van der Waals surface area contributed by atoms with Crippen molar-refractivity contribution in [2.75, 3.05) is 66.7 Å². The third-order valence-corrected chi connectivity index (χ3v) is 13.2. The van der Waals surface area contributed by atoms with E-state index in [1.165, 1.54) is 246 Å². The molecule has 11 nitrogen and oxygen atoms in total. The molecule has 72 heavy (non-hydrogen) atoms. The van der Waals surface area contributed by atoms with Crippen LogP contribution in [-0.2, 0) is 25.0 Å². The number of halogens is 10. The molecule has 0 amide bonds. The van der Waals surface area contributed by atoms with Gasteiger partial charge in [0.15, 0.2) is 20.2 Å². The molecule has 0 saturated carbocycles. The summed E-state index contributed by atoms with van der Waals surface area (Å²) in [6.45, 7) is 18.2. The van der Waals surface area contributed by atoms with Crippen LogP contribution in [0, 0.1) is 0 Å². The maximum atomic E-state index is 11.4. The number of likely N-dealkylation sites (N-methyl/N-ethyl adjacent to an activating group) is 2. The first-order valence-electron chi connectivity index (χ1n) is 25.5. The standard InChI is InChI=1S/2C20H42N2.C3H6O.2C2H2F4O3S.2ClH.2K/c2*1-3-4-5-6-7-8-9-10-11-12-13-14-15-16-17-22-19-18-21(2)20-22;1-3(2)4;2*3-1(4)2(5,6)10(7,8)9;;;;/h2*3-20H2,1-2H3;1-2H3;2*1H,(H,7,8,9);2*1H;;/q;;;;;;;2*+1/p-2. The van der Waals surface area contributed by atoms with Gasteiger partial charge in [0.2, 0.25) is 0 Å². The van der Waals surface area contributed by atoms with Crippen molar-refractivity contribution in [2.45, 2.75) is 231 Å². The summed E-state index contributed by atoms with van der Waals surface area (Å²) in [7, 11) is -7.85. The smallest absolute Gasteiger partial charge is 1.00 e. The van der Waals surface area contributed by atoms with Crippen LogP contribution < -0.4 is 137 Å². The van der Waals surface area contributed by atoms with Gasteiger partial charge in [-0.05, 0) is 26.7 Å². The summed E-state index contributed by atoms with van der Waals surface area (Å²) in [4.78, 5) is 18.1. The minimum absolute atomic E-state index is 0. The molecule has 2 heterocycles. The van der Waals surface area contributed by atoms with Gasteiger partial charge in [0.1, 0.15) is 19.1 Å². The molecular formula is C47H94Cl2F8K2N4O7S2. The van der Waals surface area contributed by atoms with E-state index in [1.54, 1.807) is 9.80 Å². The SMILES string of the molecule is CC(C)=O.CCCCCCCCCCCCCCCCN1CC[NH+](C)C1.CCCCCCCCCCCCCCCCN1CC[NH+](C)C1.O=S(=O)([O-])C(F)(F)C(F)F.O=S(=O)([O-])C(F)(F)C(F)F.[Cl-].[Cl-].[K+].[K+]. The van der Waals surface area contributed by atoms with Gasteiger partial charge in [-0.15, -0.1) is 0 Å². The largest absolute Gasteiger partial charge is 1.00 e. The van der Waals surface area contributed by atoms with Crippen LogP contribution >= 0.6 is 0 Å². The fraction of sp³-hybridized carbons (Fsp3) is 0.979. The van der Waals surface area contributed by atoms with Gasteiger partial charge in [-0.1, -0.05) is 181 Å². The molecule has 0 spiro atoms. The summed E-state index contributed by atoms with van der Waals surface area (Å²) in [5.74, 6) is 0.167. The second kappa shape index (κ2) is 55.5. The van der Waals surface area contributed by atoms with Crippen LogP contribution in [0.15, 0.2) is 0 Å². The molecule has 428 valence electrons. The number of ketones is 1. The first-order valence-corrected chi connectivity index (χ1v) is 28.4. The van der Waals surface area contributed by atoms with E-state index < -0.39 is 43.6 Å². The molecule has 25 heteroatoms. The van der Waals surface area contributed by atoms with E-state index in [-0.39, 0.29) is 133 Å². The van der Waals surface area contributed by atoms with Crippen molar-refractivity contribution in [3.63, 3.8) is 0 Å². The molecule has 2 saturated heterocycles. The Morgan fingerprint density at radius 3 is 0.778 bits per heavy atom. The van der Waals surface area contributed by atoms with Gasteiger partial charge in [0, 0.05) is 13.1 Å². The Bertz CT molecular complexity index is 1320.